The van der Waals surface area contributed by atoms with E-state index < -0.39 is 6.10 Å². The molecule has 6 heteroatoms. The zero-order chi connectivity index (χ0) is 17.8. The topological polar surface area (TPSA) is 67.9 Å². The third-order valence-electron chi connectivity index (χ3n) is 4.02. The van der Waals surface area contributed by atoms with E-state index in [1.165, 1.54) is 0 Å². The van der Waals surface area contributed by atoms with Crippen LogP contribution in [0.5, 0.6) is 11.5 Å². The third kappa shape index (κ3) is 3.57. The molecule has 2 amide bonds. The summed E-state index contributed by atoms with van der Waals surface area (Å²) in [4.78, 5) is 26.3. The number of hydrogen-bond acceptors (Lipinski definition) is 4. The molecule has 0 fully saturated rings. The molecule has 0 radical (unpaired) electrons. The number of carbonyl (C=O) groups excluding carboxylic acids is 2. The van der Waals surface area contributed by atoms with Gasteiger partial charge in [0.1, 0.15) is 11.5 Å². The van der Waals surface area contributed by atoms with Crippen molar-refractivity contribution in [1.82, 2.24) is 0 Å². The Kier molecular flexibility index (Phi) is 4.88. The third-order valence-corrected chi connectivity index (χ3v) is 4.02. The van der Waals surface area contributed by atoms with Gasteiger partial charge in [-0.05, 0) is 31.2 Å². The first-order valence-corrected chi connectivity index (χ1v) is 8.10. The Morgan fingerprint density at radius 2 is 1.92 bits per heavy atom. The van der Waals surface area contributed by atoms with Crippen LogP contribution >= 0.6 is 0 Å². The summed E-state index contributed by atoms with van der Waals surface area (Å²) in [5, 5.41) is 2.82. The minimum atomic E-state index is -0.563. The molecule has 0 spiro atoms. The number of rotatable bonds is 5. The van der Waals surface area contributed by atoms with Crippen molar-refractivity contribution in [3.63, 3.8) is 0 Å². The van der Waals surface area contributed by atoms with Gasteiger partial charge in [0.25, 0.3) is 5.91 Å². The van der Waals surface area contributed by atoms with Gasteiger partial charge in [0.15, 0.2) is 6.10 Å². The van der Waals surface area contributed by atoms with Crippen LogP contribution in [0, 0.1) is 0 Å². The number of benzene rings is 2. The first-order valence-electron chi connectivity index (χ1n) is 8.10. The van der Waals surface area contributed by atoms with Gasteiger partial charge in [-0.15, -0.1) is 0 Å². The van der Waals surface area contributed by atoms with Gasteiger partial charge < -0.3 is 19.7 Å². The Morgan fingerprint density at radius 3 is 2.72 bits per heavy atom. The monoisotopic (exact) mass is 340 g/mol. The van der Waals surface area contributed by atoms with E-state index in [1.807, 2.05) is 36.4 Å². The van der Waals surface area contributed by atoms with E-state index in [2.05, 4.69) is 5.32 Å². The number of fused-ring (bicyclic) bond motifs is 1. The number of hydrogen-bond donors (Lipinski definition) is 1. The van der Waals surface area contributed by atoms with Crippen molar-refractivity contribution >= 4 is 23.2 Å². The van der Waals surface area contributed by atoms with Gasteiger partial charge in [0, 0.05) is 13.0 Å². The lowest BCUT2D eigenvalue weighted by Crippen LogP contribution is -2.45. The minimum Gasteiger partial charge on any atom is -0.495 e. The number of anilines is 2. The van der Waals surface area contributed by atoms with E-state index in [0.29, 0.717) is 22.9 Å². The molecule has 1 aliphatic rings. The number of methoxy groups -OCH3 is 1. The second kappa shape index (κ2) is 7.25. The molecule has 0 saturated carbocycles. The zero-order valence-corrected chi connectivity index (χ0v) is 14.2. The molecule has 0 unspecified atom stereocenters. The lowest BCUT2D eigenvalue weighted by Gasteiger charge is -2.32. The lowest BCUT2D eigenvalue weighted by atomic mass is 10.1. The Balaban J connectivity index is 1.68. The van der Waals surface area contributed by atoms with Crippen LogP contribution in [0.25, 0.3) is 0 Å². The first kappa shape index (κ1) is 16.8. The number of carbonyl (C=O) groups is 2. The van der Waals surface area contributed by atoms with E-state index in [9.17, 15) is 9.59 Å². The molecule has 1 N–H and O–H groups in total. The Hall–Kier alpha value is -3.02. The zero-order valence-electron chi connectivity index (χ0n) is 14.2. The maximum atomic E-state index is 12.4. The van der Waals surface area contributed by atoms with Gasteiger partial charge in [-0.1, -0.05) is 24.3 Å². The molecule has 25 heavy (non-hydrogen) atoms. The Labute approximate surface area is 146 Å². The maximum Gasteiger partial charge on any atom is 0.267 e. The van der Waals surface area contributed by atoms with Crippen LogP contribution in [0.2, 0.25) is 0 Å². The Bertz CT molecular complexity index is 790. The number of nitrogens with zero attached hydrogens (tertiary/aromatic N) is 1. The second-order valence-electron chi connectivity index (χ2n) is 5.72. The molecule has 1 heterocycles. The summed E-state index contributed by atoms with van der Waals surface area (Å²) in [7, 11) is 1.55. The number of amides is 2. The standard InChI is InChI=1S/C19H20N2O4/c1-13-19(23)21(15-8-4-6-10-17(15)25-13)12-11-18(22)20-14-7-3-5-9-16(14)24-2/h3-10,13H,11-12H2,1-2H3,(H,20,22)/t13-/m0/s1. The molecule has 2 aromatic carbocycles. The predicted molar refractivity (Wildman–Crippen MR) is 95.1 cm³/mol. The van der Waals surface area contributed by atoms with E-state index >= 15 is 0 Å². The van der Waals surface area contributed by atoms with Crippen molar-refractivity contribution in [1.29, 1.82) is 0 Å². The van der Waals surface area contributed by atoms with Gasteiger partial charge in [-0.25, -0.2) is 0 Å². The van der Waals surface area contributed by atoms with Crippen LogP contribution in [0.4, 0.5) is 11.4 Å². The molecule has 130 valence electrons. The molecule has 0 bridgehead atoms. The summed E-state index contributed by atoms with van der Waals surface area (Å²) in [5.74, 6) is 0.912. The predicted octanol–water partition coefficient (Wildman–Crippen LogP) is 2.84. The summed E-state index contributed by atoms with van der Waals surface area (Å²) in [5.41, 5.74) is 1.30. The highest BCUT2D eigenvalue weighted by atomic mass is 16.5. The SMILES string of the molecule is COc1ccccc1NC(=O)CCN1C(=O)[C@H](C)Oc2ccccc21. The number of para-hydroxylation sites is 4. The van der Waals surface area contributed by atoms with Crippen molar-refractivity contribution in [3.05, 3.63) is 48.5 Å². The van der Waals surface area contributed by atoms with Gasteiger partial charge in [0.2, 0.25) is 5.91 Å². The summed E-state index contributed by atoms with van der Waals surface area (Å²) >= 11 is 0. The van der Waals surface area contributed by atoms with Crippen LogP contribution in [-0.4, -0.2) is 31.6 Å². The highest BCUT2D eigenvalue weighted by Gasteiger charge is 2.31. The van der Waals surface area contributed by atoms with Crippen LogP contribution in [0.15, 0.2) is 48.5 Å². The van der Waals surface area contributed by atoms with Crippen molar-refractivity contribution in [2.24, 2.45) is 0 Å². The largest absolute Gasteiger partial charge is 0.495 e. The van der Waals surface area contributed by atoms with Gasteiger partial charge in [0.05, 0.1) is 18.5 Å². The van der Waals surface area contributed by atoms with E-state index in [1.54, 1.807) is 31.1 Å². The molecule has 1 aliphatic heterocycles. The number of ether oxygens (including phenoxy) is 2. The first-order chi connectivity index (χ1) is 12.1. The van der Waals surface area contributed by atoms with E-state index in [-0.39, 0.29) is 24.8 Å². The maximum absolute atomic E-state index is 12.4. The van der Waals surface area contributed by atoms with Gasteiger partial charge >= 0.3 is 0 Å². The van der Waals surface area contributed by atoms with Crippen molar-refractivity contribution in [2.75, 3.05) is 23.9 Å². The molecule has 0 aliphatic carbocycles. The fourth-order valence-corrected chi connectivity index (χ4v) is 2.76. The molecular weight excluding hydrogens is 320 g/mol. The van der Waals surface area contributed by atoms with Gasteiger partial charge in [-0.2, -0.15) is 0 Å². The molecule has 2 aromatic rings. The molecule has 0 saturated heterocycles. The molecule has 3 rings (SSSR count). The summed E-state index contributed by atoms with van der Waals surface area (Å²) in [6.07, 6.45) is -0.391. The highest BCUT2D eigenvalue weighted by molar-refractivity contribution is 6.01. The molecule has 0 aromatic heterocycles. The second-order valence-corrected chi connectivity index (χ2v) is 5.72. The van der Waals surface area contributed by atoms with Crippen LogP contribution < -0.4 is 19.7 Å². The summed E-state index contributed by atoms with van der Waals surface area (Å²) < 4.78 is 10.8. The van der Waals surface area contributed by atoms with Crippen molar-refractivity contribution in [2.45, 2.75) is 19.4 Å². The fraction of sp³-hybridized carbons (Fsp3) is 0.263. The van der Waals surface area contributed by atoms with Crippen molar-refractivity contribution in [3.8, 4) is 11.5 Å². The lowest BCUT2D eigenvalue weighted by molar-refractivity contribution is -0.125. The average molecular weight is 340 g/mol. The van der Waals surface area contributed by atoms with Crippen LogP contribution in [0.1, 0.15) is 13.3 Å². The highest BCUT2D eigenvalue weighted by Crippen LogP contribution is 2.33. The van der Waals surface area contributed by atoms with Gasteiger partial charge in [-0.3, -0.25) is 9.59 Å². The van der Waals surface area contributed by atoms with Crippen LogP contribution in [-0.2, 0) is 9.59 Å². The van der Waals surface area contributed by atoms with Crippen LogP contribution in [0.3, 0.4) is 0 Å². The smallest absolute Gasteiger partial charge is 0.267 e. The van der Waals surface area contributed by atoms with E-state index in [4.69, 9.17) is 9.47 Å². The minimum absolute atomic E-state index is 0.149. The average Bonchev–Trinajstić information content (AvgIpc) is 2.62. The molecular formula is C19H20N2O4. The molecule has 6 nitrogen and oxygen atoms in total. The van der Waals surface area contributed by atoms with Crippen molar-refractivity contribution < 1.29 is 19.1 Å². The summed E-state index contributed by atoms with van der Waals surface area (Å²) in [6.45, 7) is 1.99. The normalized spacial score (nSPS) is 16.0. The fourth-order valence-electron chi connectivity index (χ4n) is 2.76. The molecule has 1 atom stereocenters. The number of nitrogens with one attached hydrogen (secondary N) is 1. The van der Waals surface area contributed by atoms with E-state index in [0.717, 1.165) is 0 Å². The summed E-state index contributed by atoms with van der Waals surface area (Å²) in [6, 6.07) is 14.5. The quantitative estimate of drug-likeness (QED) is 0.909. The Morgan fingerprint density at radius 1 is 1.20 bits per heavy atom.